The number of carbonyl (C=O) groups excluding carboxylic acids is 3. The SMILES string of the molecule is CC(C)N(C(=O)[C@@H](C)OC(=O)c1ccc2c(c1)CCC(=O)N2)C(C)C. The van der Waals surface area contributed by atoms with Crippen molar-refractivity contribution in [1.82, 2.24) is 4.90 Å². The summed E-state index contributed by atoms with van der Waals surface area (Å²) in [6.45, 7) is 9.33. The van der Waals surface area contributed by atoms with Gasteiger partial charge in [0, 0.05) is 24.2 Å². The molecule has 6 heteroatoms. The van der Waals surface area contributed by atoms with Gasteiger partial charge in [0.25, 0.3) is 5.91 Å². The third-order valence-corrected chi connectivity index (χ3v) is 4.24. The van der Waals surface area contributed by atoms with Crippen molar-refractivity contribution < 1.29 is 19.1 Å². The van der Waals surface area contributed by atoms with Gasteiger partial charge in [0.2, 0.25) is 5.91 Å². The highest BCUT2D eigenvalue weighted by Crippen LogP contribution is 2.24. The van der Waals surface area contributed by atoms with E-state index in [-0.39, 0.29) is 23.9 Å². The molecule has 1 aromatic carbocycles. The van der Waals surface area contributed by atoms with Gasteiger partial charge in [-0.1, -0.05) is 0 Å². The lowest BCUT2D eigenvalue weighted by atomic mass is 10.0. The highest BCUT2D eigenvalue weighted by molar-refractivity contribution is 5.96. The Bertz CT molecular complexity index is 674. The number of rotatable bonds is 5. The summed E-state index contributed by atoms with van der Waals surface area (Å²) in [7, 11) is 0. The lowest BCUT2D eigenvalue weighted by Crippen LogP contribution is -2.47. The second-order valence-electron chi connectivity index (χ2n) is 6.90. The minimum absolute atomic E-state index is 0.0236. The first-order valence-corrected chi connectivity index (χ1v) is 8.66. The van der Waals surface area contributed by atoms with Crippen LogP contribution in [-0.4, -0.2) is 40.9 Å². The third-order valence-electron chi connectivity index (χ3n) is 4.24. The Labute approximate surface area is 148 Å². The van der Waals surface area contributed by atoms with E-state index in [1.165, 1.54) is 0 Å². The number of benzene rings is 1. The molecule has 0 aliphatic carbocycles. The molecule has 1 N–H and O–H groups in total. The van der Waals surface area contributed by atoms with Gasteiger partial charge < -0.3 is 15.0 Å². The summed E-state index contributed by atoms with van der Waals surface area (Å²) in [6, 6.07) is 5.08. The van der Waals surface area contributed by atoms with Crippen LogP contribution in [0.3, 0.4) is 0 Å². The molecule has 1 aliphatic heterocycles. The summed E-state index contributed by atoms with van der Waals surface area (Å²) < 4.78 is 5.37. The zero-order chi connectivity index (χ0) is 18.7. The minimum atomic E-state index is -0.854. The molecule has 1 aromatic rings. The largest absolute Gasteiger partial charge is 0.449 e. The Hall–Kier alpha value is -2.37. The molecule has 1 heterocycles. The van der Waals surface area contributed by atoms with Crippen LogP contribution < -0.4 is 5.32 Å². The number of hydrogen-bond acceptors (Lipinski definition) is 4. The summed E-state index contributed by atoms with van der Waals surface area (Å²) in [4.78, 5) is 38.1. The molecule has 0 fully saturated rings. The van der Waals surface area contributed by atoms with E-state index in [9.17, 15) is 14.4 Å². The van der Waals surface area contributed by atoms with Crippen LogP contribution in [0.15, 0.2) is 18.2 Å². The van der Waals surface area contributed by atoms with Gasteiger partial charge in [0.05, 0.1) is 5.56 Å². The Morgan fingerprint density at radius 1 is 1.08 bits per heavy atom. The molecule has 0 aromatic heterocycles. The van der Waals surface area contributed by atoms with Crippen LogP contribution in [0.25, 0.3) is 0 Å². The van der Waals surface area contributed by atoms with Crippen molar-refractivity contribution in [2.45, 2.75) is 65.6 Å². The van der Waals surface area contributed by atoms with Gasteiger partial charge in [-0.2, -0.15) is 0 Å². The fraction of sp³-hybridized carbons (Fsp3) is 0.526. The minimum Gasteiger partial charge on any atom is -0.449 e. The molecule has 1 aliphatic rings. The molecule has 6 nitrogen and oxygen atoms in total. The van der Waals surface area contributed by atoms with E-state index in [0.29, 0.717) is 18.4 Å². The van der Waals surface area contributed by atoms with Gasteiger partial charge >= 0.3 is 5.97 Å². The first-order chi connectivity index (χ1) is 11.7. The predicted molar refractivity (Wildman–Crippen MR) is 95.4 cm³/mol. The summed E-state index contributed by atoms with van der Waals surface area (Å²) in [6.07, 6.45) is 0.136. The maximum Gasteiger partial charge on any atom is 0.338 e. The molecule has 2 amide bonds. The van der Waals surface area contributed by atoms with Crippen LogP contribution in [-0.2, 0) is 20.7 Å². The predicted octanol–water partition coefficient (Wildman–Crippen LogP) is 2.76. The number of carbonyl (C=O) groups is 3. The molecule has 0 bridgehead atoms. The first-order valence-electron chi connectivity index (χ1n) is 8.66. The van der Waals surface area contributed by atoms with Gasteiger partial charge in [-0.25, -0.2) is 4.79 Å². The fourth-order valence-electron chi connectivity index (χ4n) is 3.10. The second kappa shape index (κ2) is 7.68. The van der Waals surface area contributed by atoms with Crippen molar-refractivity contribution in [3.05, 3.63) is 29.3 Å². The average molecular weight is 346 g/mol. The number of ether oxygens (including phenoxy) is 1. The van der Waals surface area contributed by atoms with E-state index in [1.54, 1.807) is 30.0 Å². The van der Waals surface area contributed by atoms with Gasteiger partial charge in [-0.15, -0.1) is 0 Å². The zero-order valence-corrected chi connectivity index (χ0v) is 15.5. The first kappa shape index (κ1) is 19.0. The Morgan fingerprint density at radius 2 is 1.72 bits per heavy atom. The molecule has 0 saturated heterocycles. The lowest BCUT2D eigenvalue weighted by Gasteiger charge is -2.32. The highest BCUT2D eigenvalue weighted by atomic mass is 16.5. The van der Waals surface area contributed by atoms with Crippen molar-refractivity contribution in [2.24, 2.45) is 0 Å². The molecule has 1 atom stereocenters. The van der Waals surface area contributed by atoms with E-state index < -0.39 is 12.1 Å². The van der Waals surface area contributed by atoms with Crippen LogP contribution in [0.1, 0.15) is 57.0 Å². The molecule has 0 radical (unpaired) electrons. The van der Waals surface area contributed by atoms with Crippen LogP contribution in [0, 0.1) is 0 Å². The topological polar surface area (TPSA) is 75.7 Å². The van der Waals surface area contributed by atoms with Gasteiger partial charge in [-0.05, 0) is 64.8 Å². The maximum absolute atomic E-state index is 12.6. The third kappa shape index (κ3) is 4.38. The highest BCUT2D eigenvalue weighted by Gasteiger charge is 2.28. The summed E-state index contributed by atoms with van der Waals surface area (Å²) in [5.41, 5.74) is 2.01. The summed E-state index contributed by atoms with van der Waals surface area (Å²) in [5, 5.41) is 2.77. The van der Waals surface area contributed by atoms with Crippen molar-refractivity contribution in [1.29, 1.82) is 0 Å². The molecule has 25 heavy (non-hydrogen) atoms. The summed E-state index contributed by atoms with van der Waals surface area (Å²) in [5.74, 6) is -0.763. The van der Waals surface area contributed by atoms with E-state index >= 15 is 0 Å². The van der Waals surface area contributed by atoms with Gasteiger partial charge in [0.1, 0.15) is 0 Å². The van der Waals surface area contributed by atoms with Crippen molar-refractivity contribution >= 4 is 23.5 Å². The number of hydrogen-bond donors (Lipinski definition) is 1. The quantitative estimate of drug-likeness (QED) is 0.832. The second-order valence-corrected chi connectivity index (χ2v) is 6.90. The van der Waals surface area contributed by atoms with Crippen molar-refractivity contribution in [3.8, 4) is 0 Å². The molecule has 136 valence electrons. The number of fused-ring (bicyclic) bond motifs is 1. The Kier molecular flexibility index (Phi) is 5.82. The normalized spacial score (nSPS) is 14.8. The number of amides is 2. The average Bonchev–Trinajstić information content (AvgIpc) is 2.53. The van der Waals surface area contributed by atoms with E-state index in [4.69, 9.17) is 4.74 Å². The monoisotopic (exact) mass is 346 g/mol. The number of nitrogens with zero attached hydrogens (tertiary/aromatic N) is 1. The van der Waals surface area contributed by atoms with Crippen LogP contribution in [0.5, 0.6) is 0 Å². The van der Waals surface area contributed by atoms with Crippen LogP contribution in [0.4, 0.5) is 5.69 Å². The van der Waals surface area contributed by atoms with E-state index in [0.717, 1.165) is 11.3 Å². The number of esters is 1. The molecular formula is C19H26N2O4. The molecule has 2 rings (SSSR count). The van der Waals surface area contributed by atoms with E-state index in [2.05, 4.69) is 5.32 Å². The standard InChI is InChI=1S/C19H26N2O4/c1-11(2)21(12(3)4)18(23)13(5)25-19(24)15-6-8-16-14(10-15)7-9-17(22)20-16/h6,8,10-13H,7,9H2,1-5H3,(H,20,22)/t13-/m1/s1. The van der Waals surface area contributed by atoms with Crippen LogP contribution >= 0.6 is 0 Å². The summed E-state index contributed by atoms with van der Waals surface area (Å²) >= 11 is 0. The lowest BCUT2D eigenvalue weighted by molar-refractivity contribution is -0.143. The van der Waals surface area contributed by atoms with Crippen molar-refractivity contribution in [2.75, 3.05) is 5.32 Å². The molecule has 0 unspecified atom stereocenters. The van der Waals surface area contributed by atoms with Crippen molar-refractivity contribution in [3.63, 3.8) is 0 Å². The van der Waals surface area contributed by atoms with E-state index in [1.807, 2.05) is 27.7 Å². The molecule has 0 saturated carbocycles. The zero-order valence-electron chi connectivity index (χ0n) is 15.5. The maximum atomic E-state index is 12.6. The van der Waals surface area contributed by atoms with Crippen LogP contribution in [0.2, 0.25) is 0 Å². The number of anilines is 1. The molecule has 0 spiro atoms. The fourth-order valence-corrected chi connectivity index (χ4v) is 3.10. The molecular weight excluding hydrogens is 320 g/mol. The smallest absolute Gasteiger partial charge is 0.338 e. The Balaban J connectivity index is 2.09. The number of nitrogens with one attached hydrogen (secondary N) is 1. The number of aryl methyl sites for hydroxylation is 1. The van der Waals surface area contributed by atoms with Gasteiger partial charge in [0.15, 0.2) is 6.10 Å². The Morgan fingerprint density at radius 3 is 2.32 bits per heavy atom. The van der Waals surface area contributed by atoms with Gasteiger partial charge in [-0.3, -0.25) is 9.59 Å².